The number of rotatable bonds is 5. The summed E-state index contributed by atoms with van der Waals surface area (Å²) in [4.78, 5) is 0. The number of benzene rings is 2. The third kappa shape index (κ3) is 4.14. The molecule has 0 saturated carbocycles. The van der Waals surface area contributed by atoms with E-state index in [4.69, 9.17) is 14.2 Å². The summed E-state index contributed by atoms with van der Waals surface area (Å²) >= 11 is 0. The summed E-state index contributed by atoms with van der Waals surface area (Å²) in [6.45, 7) is 0.812. The second kappa shape index (κ2) is 9.04. The number of hydrogen-bond donors (Lipinski definition) is 3. The molecule has 1 aliphatic heterocycles. The first-order valence-corrected chi connectivity index (χ1v) is 8.14. The minimum absolute atomic E-state index is 0. The largest absolute Gasteiger partial charge is 2.00 e. The summed E-state index contributed by atoms with van der Waals surface area (Å²) in [6.07, 6.45) is 1.50. The Morgan fingerprint density at radius 3 is 2.19 bits per heavy atom. The normalized spacial score (nSPS) is 15.6. The molecule has 0 aliphatic carbocycles. The van der Waals surface area contributed by atoms with Gasteiger partial charge in [-0.05, 0) is 60.3 Å². The maximum atomic E-state index is 9.86. The minimum atomic E-state index is -0.0997. The fourth-order valence-electron chi connectivity index (χ4n) is 3.34. The number of phenolic OH excluding ortho intramolecular Hbond substituents is 2. The van der Waals surface area contributed by atoms with Crippen molar-refractivity contribution in [3.63, 3.8) is 0 Å². The average Bonchev–Trinajstić information content (AvgIpc) is 2.62. The number of methoxy groups -OCH3 is 3. The zero-order valence-electron chi connectivity index (χ0n) is 17.3. The standard InChI is InChI=1S/C19H23NO5.Ca.2H/c1-23-17-7-11(8-18(24-2)19(17)25-3)6-14-13-10-16(22)15(21)9-12(13)4-5-20-14;;;/h7-10,14,20-22H,4-6H2,1-3H3;;;/q;+2;2*-1. The van der Waals surface area contributed by atoms with E-state index in [1.165, 1.54) is 0 Å². The molecule has 0 radical (unpaired) electrons. The Kier molecular flexibility index (Phi) is 7.29. The molecule has 138 valence electrons. The molecule has 0 aromatic heterocycles. The van der Waals surface area contributed by atoms with Gasteiger partial charge in [-0.2, -0.15) is 0 Å². The molecule has 7 heteroatoms. The van der Waals surface area contributed by atoms with Crippen molar-refractivity contribution in [3.05, 3.63) is 41.0 Å². The monoisotopic (exact) mass is 387 g/mol. The van der Waals surface area contributed by atoms with Crippen LogP contribution in [-0.4, -0.2) is 75.8 Å². The third-order valence-corrected chi connectivity index (χ3v) is 4.56. The van der Waals surface area contributed by atoms with E-state index in [1.807, 2.05) is 12.1 Å². The fraction of sp³-hybridized carbons (Fsp3) is 0.368. The van der Waals surface area contributed by atoms with Gasteiger partial charge in [-0.3, -0.25) is 0 Å². The van der Waals surface area contributed by atoms with Crippen molar-refractivity contribution in [2.24, 2.45) is 0 Å². The van der Waals surface area contributed by atoms with E-state index in [0.29, 0.717) is 23.7 Å². The van der Waals surface area contributed by atoms with E-state index >= 15 is 0 Å². The molecular weight excluding hydrogens is 362 g/mol. The van der Waals surface area contributed by atoms with Crippen LogP contribution in [0.5, 0.6) is 28.7 Å². The Balaban J connectivity index is 0.00000243. The molecule has 1 atom stereocenters. The number of fused-ring (bicyclic) bond motifs is 1. The Morgan fingerprint density at radius 2 is 1.62 bits per heavy atom. The first-order valence-electron chi connectivity index (χ1n) is 8.14. The number of aromatic hydroxyl groups is 2. The van der Waals surface area contributed by atoms with Gasteiger partial charge in [-0.15, -0.1) is 0 Å². The van der Waals surface area contributed by atoms with Crippen LogP contribution in [0.15, 0.2) is 24.3 Å². The fourth-order valence-corrected chi connectivity index (χ4v) is 3.34. The first-order chi connectivity index (χ1) is 12.1. The molecule has 6 nitrogen and oxygen atoms in total. The van der Waals surface area contributed by atoms with Crippen molar-refractivity contribution in [1.29, 1.82) is 0 Å². The Labute approximate surface area is 186 Å². The molecule has 1 aliphatic rings. The summed E-state index contributed by atoms with van der Waals surface area (Å²) in [6, 6.07) is 7.17. The van der Waals surface area contributed by atoms with Crippen LogP contribution in [0.25, 0.3) is 0 Å². The molecule has 1 heterocycles. The van der Waals surface area contributed by atoms with Crippen molar-refractivity contribution in [1.82, 2.24) is 5.32 Å². The third-order valence-electron chi connectivity index (χ3n) is 4.56. The summed E-state index contributed by atoms with van der Waals surface area (Å²) < 4.78 is 16.2. The van der Waals surface area contributed by atoms with Gasteiger partial charge in [0.05, 0.1) is 21.3 Å². The summed E-state index contributed by atoms with van der Waals surface area (Å²) in [5.41, 5.74) is 3.06. The van der Waals surface area contributed by atoms with Gasteiger partial charge in [-0.1, -0.05) is 0 Å². The molecule has 0 fully saturated rings. The molecule has 1 unspecified atom stereocenters. The van der Waals surface area contributed by atoms with Gasteiger partial charge in [-0.25, -0.2) is 0 Å². The Hall–Kier alpha value is -1.34. The van der Waals surface area contributed by atoms with Gasteiger partial charge < -0.3 is 32.6 Å². The van der Waals surface area contributed by atoms with E-state index in [9.17, 15) is 10.2 Å². The van der Waals surface area contributed by atoms with E-state index in [2.05, 4.69) is 5.32 Å². The summed E-state index contributed by atoms with van der Waals surface area (Å²) in [5.74, 6) is 1.61. The number of hydrogen-bond acceptors (Lipinski definition) is 6. The molecule has 3 N–H and O–H groups in total. The second-order valence-corrected chi connectivity index (χ2v) is 6.03. The van der Waals surface area contributed by atoms with Gasteiger partial charge in [0, 0.05) is 6.04 Å². The van der Waals surface area contributed by atoms with Gasteiger partial charge in [0.25, 0.3) is 0 Å². The SMILES string of the molecule is COc1cc(CC2NCCc3cc(O)c(O)cc32)cc(OC)c1OC.[Ca+2].[H-].[H-]. The molecule has 0 bridgehead atoms. The zero-order valence-corrected chi connectivity index (χ0v) is 17.5. The Morgan fingerprint density at radius 1 is 1.00 bits per heavy atom. The van der Waals surface area contributed by atoms with E-state index in [-0.39, 0.29) is 58.1 Å². The van der Waals surface area contributed by atoms with Crippen LogP contribution in [0.1, 0.15) is 25.6 Å². The molecule has 26 heavy (non-hydrogen) atoms. The molecule has 2 aromatic rings. The van der Waals surface area contributed by atoms with Crippen LogP contribution in [-0.2, 0) is 12.8 Å². The molecule has 3 rings (SSSR count). The predicted molar refractivity (Wildman–Crippen MR) is 102 cm³/mol. The van der Waals surface area contributed by atoms with Gasteiger partial charge in [0.15, 0.2) is 23.0 Å². The molecular formula is C19H25CaNO5. The molecule has 0 saturated heterocycles. The van der Waals surface area contributed by atoms with Crippen molar-refractivity contribution in [3.8, 4) is 28.7 Å². The van der Waals surface area contributed by atoms with Gasteiger partial charge >= 0.3 is 37.7 Å². The quantitative estimate of drug-likeness (QED) is 0.540. The summed E-state index contributed by atoms with van der Waals surface area (Å²) in [5, 5.41) is 23.1. The van der Waals surface area contributed by atoms with Crippen LogP contribution in [0.2, 0.25) is 0 Å². The van der Waals surface area contributed by atoms with Crippen molar-refractivity contribution >= 4 is 37.7 Å². The number of nitrogens with one attached hydrogen (secondary N) is 1. The number of ether oxygens (including phenoxy) is 3. The summed E-state index contributed by atoms with van der Waals surface area (Å²) in [7, 11) is 4.76. The van der Waals surface area contributed by atoms with E-state index < -0.39 is 0 Å². The molecule has 0 amide bonds. The predicted octanol–water partition coefficient (Wildman–Crippen LogP) is 2.40. The number of phenols is 2. The van der Waals surface area contributed by atoms with Crippen LogP contribution >= 0.6 is 0 Å². The second-order valence-electron chi connectivity index (χ2n) is 6.03. The van der Waals surface area contributed by atoms with Crippen molar-refractivity contribution < 1.29 is 27.3 Å². The maximum Gasteiger partial charge on any atom is 2.00 e. The van der Waals surface area contributed by atoms with Crippen molar-refractivity contribution in [2.45, 2.75) is 18.9 Å². The first kappa shape index (κ1) is 21.0. The van der Waals surface area contributed by atoms with E-state index in [1.54, 1.807) is 33.5 Å². The smallest absolute Gasteiger partial charge is 1.00 e. The Bertz CT molecular complexity index is 766. The van der Waals surface area contributed by atoms with Crippen LogP contribution in [0.4, 0.5) is 0 Å². The minimum Gasteiger partial charge on any atom is -1.00 e. The average molecular weight is 387 g/mol. The maximum absolute atomic E-state index is 9.86. The van der Waals surface area contributed by atoms with Crippen LogP contribution in [0.3, 0.4) is 0 Å². The van der Waals surface area contributed by atoms with Gasteiger partial charge in [0.1, 0.15) is 0 Å². The topological polar surface area (TPSA) is 80.2 Å². The van der Waals surface area contributed by atoms with Crippen LogP contribution < -0.4 is 19.5 Å². The molecule has 0 spiro atoms. The zero-order chi connectivity index (χ0) is 18.0. The van der Waals surface area contributed by atoms with Crippen molar-refractivity contribution in [2.75, 3.05) is 27.9 Å². The van der Waals surface area contributed by atoms with Crippen LogP contribution in [0, 0.1) is 0 Å². The van der Waals surface area contributed by atoms with Gasteiger partial charge in [0.2, 0.25) is 5.75 Å². The van der Waals surface area contributed by atoms with E-state index in [0.717, 1.165) is 29.7 Å². The molecule has 2 aromatic carbocycles.